The lowest BCUT2D eigenvalue weighted by molar-refractivity contribution is 0.0600. The van der Waals surface area contributed by atoms with Gasteiger partial charge in [-0.15, -0.1) is 0 Å². The van der Waals surface area contributed by atoms with Crippen molar-refractivity contribution in [2.75, 3.05) is 17.7 Å². The van der Waals surface area contributed by atoms with Crippen LogP contribution in [0.15, 0.2) is 66.9 Å². The van der Waals surface area contributed by atoms with Gasteiger partial charge in [-0.05, 0) is 54.6 Å². The van der Waals surface area contributed by atoms with E-state index in [0.29, 0.717) is 11.4 Å². The van der Waals surface area contributed by atoms with Crippen molar-refractivity contribution in [3.63, 3.8) is 0 Å². The molecule has 7 nitrogen and oxygen atoms in total. The highest BCUT2D eigenvalue weighted by molar-refractivity contribution is 6.08. The van der Waals surface area contributed by atoms with E-state index in [4.69, 9.17) is 0 Å². The number of ether oxygens (including phenoxy) is 1. The molecule has 3 aromatic rings. The van der Waals surface area contributed by atoms with Gasteiger partial charge in [-0.25, -0.2) is 9.18 Å². The first-order chi connectivity index (χ1) is 14.0. The molecule has 1 aromatic heterocycles. The molecule has 8 heteroatoms. The Kier molecular flexibility index (Phi) is 5.94. The average molecular weight is 393 g/mol. The molecule has 2 amide bonds. The van der Waals surface area contributed by atoms with Gasteiger partial charge >= 0.3 is 5.97 Å². The van der Waals surface area contributed by atoms with Crippen LogP contribution in [0.4, 0.5) is 15.8 Å². The molecule has 0 spiro atoms. The average Bonchev–Trinajstić information content (AvgIpc) is 2.75. The molecule has 0 saturated carbocycles. The molecule has 0 aliphatic rings. The third-order valence-corrected chi connectivity index (χ3v) is 3.90. The Balaban J connectivity index is 1.73. The Hall–Kier alpha value is -4.07. The molecule has 0 fully saturated rings. The largest absolute Gasteiger partial charge is 0.465 e. The second kappa shape index (κ2) is 8.75. The molecule has 0 aliphatic carbocycles. The van der Waals surface area contributed by atoms with Crippen LogP contribution in [0.25, 0.3) is 0 Å². The quantitative estimate of drug-likeness (QED) is 0.647. The first-order valence-electron chi connectivity index (χ1n) is 8.49. The summed E-state index contributed by atoms with van der Waals surface area (Å²) in [4.78, 5) is 40.4. The molecule has 1 heterocycles. The van der Waals surface area contributed by atoms with E-state index in [1.165, 1.54) is 55.8 Å². The molecule has 29 heavy (non-hydrogen) atoms. The summed E-state index contributed by atoms with van der Waals surface area (Å²) >= 11 is 0. The summed E-state index contributed by atoms with van der Waals surface area (Å²) in [6.07, 6.45) is 1.33. The van der Waals surface area contributed by atoms with E-state index in [1.807, 2.05) is 0 Å². The number of rotatable bonds is 5. The number of halogens is 1. The van der Waals surface area contributed by atoms with Crippen LogP contribution < -0.4 is 10.6 Å². The number of methoxy groups -OCH3 is 1. The highest BCUT2D eigenvalue weighted by Crippen LogP contribution is 2.14. The maximum atomic E-state index is 13.0. The van der Waals surface area contributed by atoms with E-state index in [1.54, 1.807) is 18.2 Å². The molecule has 0 atom stereocenters. The van der Waals surface area contributed by atoms with Gasteiger partial charge in [-0.1, -0.05) is 6.07 Å². The second-order valence-corrected chi connectivity index (χ2v) is 5.92. The van der Waals surface area contributed by atoms with Crippen LogP contribution in [0.5, 0.6) is 0 Å². The lowest BCUT2D eigenvalue weighted by Crippen LogP contribution is -2.17. The number of amides is 2. The first kappa shape index (κ1) is 19.7. The molecular formula is C21H16FN3O4. The van der Waals surface area contributed by atoms with Gasteiger partial charge < -0.3 is 15.4 Å². The van der Waals surface area contributed by atoms with Gasteiger partial charge in [-0.3, -0.25) is 14.6 Å². The lowest BCUT2D eigenvalue weighted by Gasteiger charge is -2.08. The summed E-state index contributed by atoms with van der Waals surface area (Å²) < 4.78 is 17.6. The number of benzene rings is 2. The number of hydrogen-bond acceptors (Lipinski definition) is 5. The van der Waals surface area contributed by atoms with E-state index in [9.17, 15) is 18.8 Å². The fourth-order valence-corrected chi connectivity index (χ4v) is 2.47. The topological polar surface area (TPSA) is 97.4 Å². The number of nitrogens with one attached hydrogen (secondary N) is 2. The van der Waals surface area contributed by atoms with E-state index < -0.39 is 23.6 Å². The SMILES string of the molecule is COC(=O)c1cccc(NC(=O)c2cc(C(=O)Nc3ccc(F)cc3)ccn2)c1. The Morgan fingerprint density at radius 3 is 2.31 bits per heavy atom. The maximum absolute atomic E-state index is 13.0. The number of aromatic nitrogens is 1. The van der Waals surface area contributed by atoms with Crippen molar-refractivity contribution in [3.05, 3.63) is 89.5 Å². The number of carbonyl (C=O) groups excluding carboxylic acids is 3. The number of esters is 1. The van der Waals surface area contributed by atoms with Crippen LogP contribution in [0.3, 0.4) is 0 Å². The minimum Gasteiger partial charge on any atom is -0.465 e. The predicted molar refractivity (Wildman–Crippen MR) is 104 cm³/mol. The zero-order valence-corrected chi connectivity index (χ0v) is 15.3. The zero-order valence-electron chi connectivity index (χ0n) is 15.3. The summed E-state index contributed by atoms with van der Waals surface area (Å²) in [6.45, 7) is 0. The molecule has 0 bridgehead atoms. The lowest BCUT2D eigenvalue weighted by atomic mass is 10.2. The van der Waals surface area contributed by atoms with Crippen LogP contribution in [0.2, 0.25) is 0 Å². The van der Waals surface area contributed by atoms with Crippen LogP contribution >= 0.6 is 0 Å². The number of hydrogen-bond donors (Lipinski definition) is 2. The van der Waals surface area contributed by atoms with Crippen molar-refractivity contribution in [1.29, 1.82) is 0 Å². The highest BCUT2D eigenvalue weighted by atomic mass is 19.1. The van der Waals surface area contributed by atoms with Crippen LogP contribution in [-0.4, -0.2) is 29.9 Å². The number of carbonyl (C=O) groups is 3. The predicted octanol–water partition coefficient (Wildman–Crippen LogP) is 3.51. The molecule has 0 saturated heterocycles. The van der Waals surface area contributed by atoms with E-state index in [0.717, 1.165) is 0 Å². The van der Waals surface area contributed by atoms with Crippen molar-refractivity contribution in [3.8, 4) is 0 Å². The summed E-state index contributed by atoms with van der Waals surface area (Å²) in [7, 11) is 1.26. The van der Waals surface area contributed by atoms with Crippen LogP contribution in [-0.2, 0) is 4.74 Å². The molecule has 2 aromatic carbocycles. The normalized spacial score (nSPS) is 10.1. The van der Waals surface area contributed by atoms with Crippen molar-refractivity contribution in [1.82, 2.24) is 4.98 Å². The third-order valence-electron chi connectivity index (χ3n) is 3.90. The van der Waals surface area contributed by atoms with Crippen molar-refractivity contribution in [2.45, 2.75) is 0 Å². The van der Waals surface area contributed by atoms with Gasteiger partial charge in [0, 0.05) is 23.1 Å². The van der Waals surface area contributed by atoms with E-state index >= 15 is 0 Å². The van der Waals surface area contributed by atoms with Gasteiger partial charge in [-0.2, -0.15) is 0 Å². The summed E-state index contributed by atoms with van der Waals surface area (Å²) in [5.41, 5.74) is 1.29. The van der Waals surface area contributed by atoms with Gasteiger partial charge in [0.05, 0.1) is 12.7 Å². The fourth-order valence-electron chi connectivity index (χ4n) is 2.47. The van der Waals surface area contributed by atoms with Gasteiger partial charge in [0.15, 0.2) is 0 Å². The van der Waals surface area contributed by atoms with Crippen molar-refractivity contribution in [2.24, 2.45) is 0 Å². The number of nitrogens with zero attached hydrogens (tertiary/aromatic N) is 1. The fraction of sp³-hybridized carbons (Fsp3) is 0.0476. The minimum absolute atomic E-state index is 0.0141. The monoisotopic (exact) mass is 393 g/mol. The molecule has 0 aliphatic heterocycles. The van der Waals surface area contributed by atoms with E-state index in [-0.39, 0.29) is 16.8 Å². The van der Waals surface area contributed by atoms with Crippen molar-refractivity contribution >= 4 is 29.2 Å². The van der Waals surface area contributed by atoms with Gasteiger partial charge in [0.1, 0.15) is 11.5 Å². The number of anilines is 2. The maximum Gasteiger partial charge on any atom is 0.337 e. The standard InChI is InChI=1S/C21H16FN3O4/c1-29-21(28)14-3-2-4-17(11-14)25-20(27)18-12-13(9-10-23-18)19(26)24-16-7-5-15(22)6-8-16/h2-12H,1H3,(H,24,26)(H,25,27). The summed E-state index contributed by atoms with van der Waals surface area (Å²) in [5.74, 6) is -1.97. The van der Waals surface area contributed by atoms with Gasteiger partial charge in [0.2, 0.25) is 0 Å². The Morgan fingerprint density at radius 1 is 0.862 bits per heavy atom. The van der Waals surface area contributed by atoms with E-state index in [2.05, 4.69) is 20.4 Å². The highest BCUT2D eigenvalue weighted by Gasteiger charge is 2.14. The summed E-state index contributed by atoms with van der Waals surface area (Å²) in [6, 6.07) is 14.3. The van der Waals surface area contributed by atoms with Gasteiger partial charge in [0.25, 0.3) is 11.8 Å². The first-order valence-corrected chi connectivity index (χ1v) is 8.49. The Bertz CT molecular complexity index is 1070. The van der Waals surface area contributed by atoms with Crippen LogP contribution in [0, 0.1) is 5.82 Å². The molecule has 146 valence electrons. The zero-order chi connectivity index (χ0) is 20.8. The molecular weight excluding hydrogens is 377 g/mol. The Labute approximate surface area is 165 Å². The second-order valence-electron chi connectivity index (χ2n) is 5.92. The Morgan fingerprint density at radius 2 is 1.59 bits per heavy atom. The molecule has 3 rings (SSSR count). The molecule has 0 radical (unpaired) electrons. The molecule has 0 unspecified atom stereocenters. The van der Waals surface area contributed by atoms with Crippen LogP contribution in [0.1, 0.15) is 31.2 Å². The molecule has 2 N–H and O–H groups in total. The summed E-state index contributed by atoms with van der Waals surface area (Å²) in [5, 5.41) is 5.23. The van der Waals surface area contributed by atoms with Crippen molar-refractivity contribution < 1.29 is 23.5 Å². The minimum atomic E-state index is -0.552. The third kappa shape index (κ3) is 5.01. The smallest absolute Gasteiger partial charge is 0.337 e. The number of pyridine rings is 1.